The fraction of sp³-hybridized carbons (Fsp3) is 0.778. The third kappa shape index (κ3) is 9.68. The van der Waals surface area contributed by atoms with Crippen molar-refractivity contribution in [1.29, 1.82) is 0 Å². The van der Waals surface area contributed by atoms with Gasteiger partial charge in [0.15, 0.2) is 0 Å². The minimum absolute atomic E-state index is 0.223. The van der Waals surface area contributed by atoms with Crippen molar-refractivity contribution in [2.45, 2.75) is 77.2 Å². The van der Waals surface area contributed by atoms with Crippen LogP contribution in [0.2, 0.25) is 0 Å². The molecule has 0 rings (SSSR count). The lowest BCUT2D eigenvalue weighted by atomic mass is 10.0. The number of hydrogen-bond donors (Lipinski definition) is 7. The van der Waals surface area contributed by atoms with E-state index in [9.17, 15) is 29.4 Å². The summed E-state index contributed by atoms with van der Waals surface area (Å²) >= 11 is 0. The van der Waals surface area contributed by atoms with Crippen LogP contribution in [-0.2, 0) is 19.2 Å². The van der Waals surface area contributed by atoms with Crippen LogP contribution in [0.5, 0.6) is 0 Å². The first-order chi connectivity index (χ1) is 13.4. The van der Waals surface area contributed by atoms with E-state index in [4.69, 9.17) is 11.5 Å². The summed E-state index contributed by atoms with van der Waals surface area (Å²) in [7, 11) is 0. The van der Waals surface area contributed by atoms with Crippen LogP contribution in [0.15, 0.2) is 0 Å². The summed E-state index contributed by atoms with van der Waals surface area (Å²) in [6.07, 6.45) is 0.307. The van der Waals surface area contributed by atoms with Gasteiger partial charge in [-0.3, -0.25) is 14.4 Å². The van der Waals surface area contributed by atoms with Gasteiger partial charge in [-0.1, -0.05) is 13.8 Å². The number of carbonyl (C=O) groups excluding carboxylic acids is 3. The molecule has 11 heteroatoms. The Kier molecular flexibility index (Phi) is 12.1. The molecule has 0 fully saturated rings. The van der Waals surface area contributed by atoms with Crippen LogP contribution in [0.3, 0.4) is 0 Å². The van der Waals surface area contributed by atoms with Crippen LogP contribution < -0.4 is 27.4 Å². The molecule has 9 N–H and O–H groups in total. The molecular formula is C18H35N5O6. The minimum atomic E-state index is -1.20. The van der Waals surface area contributed by atoms with Gasteiger partial charge in [-0.2, -0.15) is 0 Å². The number of aliphatic hydroxyl groups excluding tert-OH is 1. The predicted molar refractivity (Wildman–Crippen MR) is 107 cm³/mol. The monoisotopic (exact) mass is 417 g/mol. The van der Waals surface area contributed by atoms with Crippen molar-refractivity contribution >= 4 is 23.7 Å². The van der Waals surface area contributed by atoms with Gasteiger partial charge in [0, 0.05) is 0 Å². The SMILES string of the molecule is CC(C)[C@H](NC(=O)[C@H](C)NC(=O)[C@@H](N)[C@@H](C)O)C(=O)N[C@@H](CCCCN)C(=O)O. The van der Waals surface area contributed by atoms with Crippen molar-refractivity contribution in [3.63, 3.8) is 0 Å². The topological polar surface area (TPSA) is 197 Å². The van der Waals surface area contributed by atoms with Crippen LogP contribution in [0.4, 0.5) is 0 Å². The number of amides is 3. The number of unbranched alkanes of at least 4 members (excludes halogenated alkanes) is 1. The van der Waals surface area contributed by atoms with Crippen molar-refractivity contribution < 1.29 is 29.4 Å². The van der Waals surface area contributed by atoms with Gasteiger partial charge < -0.3 is 37.6 Å². The first-order valence-electron chi connectivity index (χ1n) is 9.69. The summed E-state index contributed by atoms with van der Waals surface area (Å²) in [4.78, 5) is 48.2. The van der Waals surface area contributed by atoms with Gasteiger partial charge in [0.1, 0.15) is 24.2 Å². The first-order valence-corrected chi connectivity index (χ1v) is 9.69. The lowest BCUT2D eigenvalue weighted by Crippen LogP contribution is -2.58. The van der Waals surface area contributed by atoms with Crippen molar-refractivity contribution in [3.8, 4) is 0 Å². The summed E-state index contributed by atoms with van der Waals surface area (Å²) in [6, 6.07) is -4.29. The maximum atomic E-state index is 12.6. The van der Waals surface area contributed by atoms with E-state index in [1.165, 1.54) is 13.8 Å². The maximum absolute atomic E-state index is 12.6. The predicted octanol–water partition coefficient (Wildman–Crippen LogP) is -1.96. The molecule has 0 aliphatic heterocycles. The fourth-order valence-corrected chi connectivity index (χ4v) is 2.42. The van der Waals surface area contributed by atoms with Crippen LogP contribution in [0.1, 0.15) is 47.0 Å². The summed E-state index contributed by atoms with van der Waals surface area (Å²) in [6.45, 7) is 6.57. The normalized spacial score (nSPS) is 16.3. The van der Waals surface area contributed by atoms with Crippen molar-refractivity contribution in [2.75, 3.05) is 6.54 Å². The minimum Gasteiger partial charge on any atom is -0.480 e. The van der Waals surface area contributed by atoms with Crippen LogP contribution in [0, 0.1) is 5.92 Å². The van der Waals surface area contributed by atoms with Crippen LogP contribution in [0.25, 0.3) is 0 Å². The fourth-order valence-electron chi connectivity index (χ4n) is 2.42. The molecule has 0 aromatic heterocycles. The zero-order chi connectivity index (χ0) is 22.7. The van der Waals surface area contributed by atoms with E-state index in [-0.39, 0.29) is 12.3 Å². The molecule has 0 aromatic carbocycles. The molecule has 0 aliphatic carbocycles. The number of aliphatic hydroxyl groups is 1. The van der Waals surface area contributed by atoms with E-state index >= 15 is 0 Å². The number of nitrogens with one attached hydrogen (secondary N) is 3. The molecule has 5 atom stereocenters. The standard InChI is InChI=1S/C18H35N5O6/c1-9(2)14(17(27)22-12(18(28)29)7-5-6-8-19)23-15(25)10(3)21-16(26)13(20)11(4)24/h9-14,24H,5-8,19-20H2,1-4H3,(H,21,26)(H,22,27)(H,23,25)(H,28,29)/t10-,11+,12-,13-,14-/m0/s1. The molecule has 0 aliphatic rings. The molecule has 0 aromatic rings. The van der Waals surface area contributed by atoms with E-state index in [0.717, 1.165) is 0 Å². The average Bonchev–Trinajstić information content (AvgIpc) is 2.63. The smallest absolute Gasteiger partial charge is 0.326 e. The summed E-state index contributed by atoms with van der Waals surface area (Å²) in [5, 5.41) is 26.0. The van der Waals surface area contributed by atoms with E-state index in [1.54, 1.807) is 13.8 Å². The van der Waals surface area contributed by atoms with Gasteiger partial charge in [-0.15, -0.1) is 0 Å². The number of carbonyl (C=O) groups is 4. The third-order valence-corrected chi connectivity index (χ3v) is 4.38. The Morgan fingerprint density at radius 2 is 1.48 bits per heavy atom. The molecule has 11 nitrogen and oxygen atoms in total. The zero-order valence-electron chi connectivity index (χ0n) is 17.5. The van der Waals surface area contributed by atoms with E-state index in [1.807, 2.05) is 0 Å². The second-order valence-corrected chi connectivity index (χ2v) is 7.41. The Morgan fingerprint density at radius 3 is 1.93 bits per heavy atom. The molecular weight excluding hydrogens is 382 g/mol. The molecule has 0 saturated heterocycles. The summed E-state index contributed by atoms with van der Waals surface area (Å²) in [5.41, 5.74) is 10.9. The lowest BCUT2D eigenvalue weighted by Gasteiger charge is -2.26. The largest absolute Gasteiger partial charge is 0.480 e. The molecule has 0 saturated carbocycles. The Hall–Kier alpha value is -2.24. The molecule has 0 unspecified atom stereocenters. The second kappa shape index (κ2) is 13.1. The quantitative estimate of drug-likeness (QED) is 0.168. The van der Waals surface area contributed by atoms with Gasteiger partial charge in [0.2, 0.25) is 17.7 Å². The van der Waals surface area contributed by atoms with Crippen molar-refractivity contribution in [1.82, 2.24) is 16.0 Å². The Bertz CT molecular complexity index is 569. The van der Waals surface area contributed by atoms with Gasteiger partial charge in [0.25, 0.3) is 0 Å². The summed E-state index contributed by atoms with van der Waals surface area (Å²) in [5.74, 6) is -3.48. The highest BCUT2D eigenvalue weighted by Gasteiger charge is 2.30. The average molecular weight is 418 g/mol. The van der Waals surface area contributed by atoms with E-state index in [2.05, 4.69) is 16.0 Å². The third-order valence-electron chi connectivity index (χ3n) is 4.38. The number of aliphatic carboxylic acids is 1. The first kappa shape index (κ1) is 26.8. The molecule has 0 spiro atoms. The number of nitrogens with two attached hydrogens (primary N) is 2. The van der Waals surface area contributed by atoms with Crippen LogP contribution >= 0.6 is 0 Å². The molecule has 0 heterocycles. The number of rotatable bonds is 13. The van der Waals surface area contributed by atoms with Crippen LogP contribution in [-0.4, -0.2) is 70.7 Å². The highest BCUT2D eigenvalue weighted by atomic mass is 16.4. The molecule has 29 heavy (non-hydrogen) atoms. The molecule has 0 bridgehead atoms. The molecule has 168 valence electrons. The number of carboxylic acid groups (broad SMARTS) is 1. The van der Waals surface area contributed by atoms with E-state index < -0.39 is 54.0 Å². The van der Waals surface area contributed by atoms with Crippen molar-refractivity contribution in [2.24, 2.45) is 17.4 Å². The Balaban J connectivity index is 4.98. The van der Waals surface area contributed by atoms with Crippen molar-refractivity contribution in [3.05, 3.63) is 0 Å². The molecule has 0 radical (unpaired) electrons. The van der Waals surface area contributed by atoms with E-state index in [0.29, 0.717) is 19.4 Å². The Labute approximate surface area is 171 Å². The number of hydrogen-bond acceptors (Lipinski definition) is 7. The van der Waals surface area contributed by atoms with Gasteiger partial charge in [0.05, 0.1) is 6.10 Å². The van der Waals surface area contributed by atoms with Gasteiger partial charge >= 0.3 is 5.97 Å². The summed E-state index contributed by atoms with van der Waals surface area (Å²) < 4.78 is 0. The van der Waals surface area contributed by atoms with Gasteiger partial charge in [-0.05, 0) is 45.6 Å². The second-order valence-electron chi connectivity index (χ2n) is 7.41. The molecule has 3 amide bonds. The zero-order valence-corrected chi connectivity index (χ0v) is 17.5. The Morgan fingerprint density at radius 1 is 0.897 bits per heavy atom. The highest BCUT2D eigenvalue weighted by molar-refractivity contribution is 5.94. The number of carboxylic acids is 1. The van der Waals surface area contributed by atoms with Gasteiger partial charge in [-0.25, -0.2) is 4.79 Å². The maximum Gasteiger partial charge on any atom is 0.326 e. The highest BCUT2D eigenvalue weighted by Crippen LogP contribution is 2.06. The lowest BCUT2D eigenvalue weighted by molar-refractivity contribution is -0.142.